The molecular weight excluding hydrogens is 214 g/mol. The van der Waals surface area contributed by atoms with Gasteiger partial charge in [0.25, 0.3) is 0 Å². The first kappa shape index (κ1) is 12.6. The summed E-state index contributed by atoms with van der Waals surface area (Å²) in [5.74, 6) is 0. The van der Waals surface area contributed by atoms with Crippen molar-refractivity contribution in [2.24, 2.45) is 12.5 Å². The molecule has 1 fully saturated rings. The van der Waals surface area contributed by atoms with Crippen molar-refractivity contribution in [3.8, 4) is 0 Å². The molecule has 0 aliphatic carbocycles. The van der Waals surface area contributed by atoms with Gasteiger partial charge in [0, 0.05) is 38.4 Å². The zero-order valence-corrected chi connectivity index (χ0v) is 11.1. The monoisotopic (exact) mass is 237 g/mol. The van der Waals surface area contributed by atoms with Crippen LogP contribution < -0.4 is 0 Å². The van der Waals surface area contributed by atoms with E-state index in [4.69, 9.17) is 0 Å². The lowest BCUT2D eigenvalue weighted by Crippen LogP contribution is -2.32. The maximum Gasteiger partial charge on any atom is 0.0558 e. The van der Waals surface area contributed by atoms with Gasteiger partial charge in [-0.2, -0.15) is 5.10 Å². The molecule has 1 aliphatic heterocycles. The molecule has 0 amide bonds. The summed E-state index contributed by atoms with van der Waals surface area (Å²) in [6.07, 6.45) is 5.62. The molecular formula is C13H23N3O. The van der Waals surface area contributed by atoms with Gasteiger partial charge in [-0.3, -0.25) is 9.58 Å². The van der Waals surface area contributed by atoms with Crippen molar-refractivity contribution in [3.05, 3.63) is 18.0 Å². The first-order chi connectivity index (χ1) is 7.94. The number of aryl methyl sites for hydroxylation is 1. The SMILES string of the molecule is Cn1cc(CN2CC[C@H](O)CC(C)(C)C2)cn1. The summed E-state index contributed by atoms with van der Waals surface area (Å²) in [5, 5.41) is 14.1. The molecule has 1 aromatic heterocycles. The van der Waals surface area contributed by atoms with Crippen LogP contribution in [-0.4, -0.2) is 39.0 Å². The first-order valence-corrected chi connectivity index (χ1v) is 6.33. The first-order valence-electron chi connectivity index (χ1n) is 6.33. The van der Waals surface area contributed by atoms with E-state index in [1.165, 1.54) is 5.56 Å². The molecule has 17 heavy (non-hydrogen) atoms. The summed E-state index contributed by atoms with van der Waals surface area (Å²) in [6.45, 7) is 7.41. The van der Waals surface area contributed by atoms with Crippen LogP contribution in [0.15, 0.2) is 12.4 Å². The minimum Gasteiger partial charge on any atom is -0.393 e. The Hall–Kier alpha value is -0.870. The molecule has 1 atom stereocenters. The standard InChI is InChI=1S/C13H23N3O/c1-13(2)6-12(17)4-5-16(10-13)9-11-7-14-15(3)8-11/h7-8,12,17H,4-6,9-10H2,1-3H3/t12-/m0/s1. The molecule has 0 saturated carbocycles. The second kappa shape index (κ2) is 4.78. The van der Waals surface area contributed by atoms with Crippen LogP contribution in [0.25, 0.3) is 0 Å². The number of nitrogens with zero attached hydrogens (tertiary/aromatic N) is 3. The van der Waals surface area contributed by atoms with E-state index in [0.717, 1.165) is 32.5 Å². The van der Waals surface area contributed by atoms with Crippen molar-refractivity contribution >= 4 is 0 Å². The Bertz CT molecular complexity index is 372. The summed E-state index contributed by atoms with van der Waals surface area (Å²) in [6, 6.07) is 0. The second-order valence-corrected chi connectivity index (χ2v) is 6.04. The van der Waals surface area contributed by atoms with Crippen molar-refractivity contribution in [2.45, 2.75) is 39.3 Å². The maximum atomic E-state index is 9.87. The number of aliphatic hydroxyl groups excluding tert-OH is 1. The zero-order chi connectivity index (χ0) is 12.5. The topological polar surface area (TPSA) is 41.3 Å². The minimum absolute atomic E-state index is 0.149. The predicted octanol–water partition coefficient (Wildman–Crippen LogP) is 1.40. The highest BCUT2D eigenvalue weighted by atomic mass is 16.3. The number of likely N-dealkylation sites (tertiary alicyclic amines) is 1. The normalized spacial score (nSPS) is 25.8. The fourth-order valence-corrected chi connectivity index (χ4v) is 2.77. The van der Waals surface area contributed by atoms with Crippen molar-refractivity contribution in [1.82, 2.24) is 14.7 Å². The molecule has 2 rings (SSSR count). The highest BCUT2D eigenvalue weighted by Crippen LogP contribution is 2.28. The van der Waals surface area contributed by atoms with Gasteiger partial charge in [0.05, 0.1) is 12.3 Å². The van der Waals surface area contributed by atoms with Crippen molar-refractivity contribution in [3.63, 3.8) is 0 Å². The van der Waals surface area contributed by atoms with Gasteiger partial charge < -0.3 is 5.11 Å². The molecule has 4 heteroatoms. The second-order valence-electron chi connectivity index (χ2n) is 6.04. The molecule has 0 spiro atoms. The van der Waals surface area contributed by atoms with Gasteiger partial charge in [0.2, 0.25) is 0 Å². The van der Waals surface area contributed by atoms with E-state index >= 15 is 0 Å². The lowest BCUT2D eigenvalue weighted by molar-refractivity contribution is 0.121. The number of aromatic nitrogens is 2. The molecule has 0 aromatic carbocycles. The zero-order valence-electron chi connectivity index (χ0n) is 11.1. The third-order valence-corrected chi connectivity index (χ3v) is 3.38. The number of rotatable bonds is 2. The molecule has 1 aromatic rings. The molecule has 0 radical (unpaired) electrons. The summed E-state index contributed by atoms with van der Waals surface area (Å²) in [7, 11) is 1.94. The van der Waals surface area contributed by atoms with Gasteiger partial charge in [0.15, 0.2) is 0 Å². The van der Waals surface area contributed by atoms with E-state index in [0.29, 0.717) is 0 Å². The van der Waals surface area contributed by atoms with Crippen LogP contribution in [0.3, 0.4) is 0 Å². The Morgan fingerprint density at radius 1 is 1.53 bits per heavy atom. The summed E-state index contributed by atoms with van der Waals surface area (Å²) < 4.78 is 1.84. The van der Waals surface area contributed by atoms with E-state index in [-0.39, 0.29) is 11.5 Å². The molecule has 0 unspecified atom stereocenters. The van der Waals surface area contributed by atoms with Crippen molar-refractivity contribution in [2.75, 3.05) is 13.1 Å². The Kier molecular flexibility index (Phi) is 3.54. The van der Waals surface area contributed by atoms with E-state index < -0.39 is 0 Å². The fraction of sp³-hybridized carbons (Fsp3) is 0.769. The van der Waals surface area contributed by atoms with Gasteiger partial charge in [-0.1, -0.05) is 13.8 Å². The van der Waals surface area contributed by atoms with Crippen LogP contribution >= 0.6 is 0 Å². The minimum atomic E-state index is -0.149. The van der Waals surface area contributed by atoms with Crippen LogP contribution in [0.1, 0.15) is 32.3 Å². The van der Waals surface area contributed by atoms with E-state index in [2.05, 4.69) is 30.0 Å². The van der Waals surface area contributed by atoms with Gasteiger partial charge in [-0.25, -0.2) is 0 Å². The highest BCUT2D eigenvalue weighted by molar-refractivity contribution is 5.03. The smallest absolute Gasteiger partial charge is 0.0558 e. The van der Waals surface area contributed by atoms with Crippen molar-refractivity contribution in [1.29, 1.82) is 0 Å². The highest BCUT2D eigenvalue weighted by Gasteiger charge is 2.29. The summed E-state index contributed by atoms with van der Waals surface area (Å²) in [4.78, 5) is 2.42. The Morgan fingerprint density at radius 3 is 2.94 bits per heavy atom. The largest absolute Gasteiger partial charge is 0.393 e. The molecule has 0 bridgehead atoms. The average molecular weight is 237 g/mol. The van der Waals surface area contributed by atoms with E-state index in [9.17, 15) is 5.11 Å². The van der Waals surface area contributed by atoms with Gasteiger partial charge in [-0.05, 0) is 18.3 Å². The molecule has 1 saturated heterocycles. The molecule has 2 heterocycles. The van der Waals surface area contributed by atoms with Crippen LogP contribution in [0.2, 0.25) is 0 Å². The van der Waals surface area contributed by atoms with Gasteiger partial charge in [-0.15, -0.1) is 0 Å². The Morgan fingerprint density at radius 2 is 2.29 bits per heavy atom. The number of hydrogen-bond donors (Lipinski definition) is 1. The van der Waals surface area contributed by atoms with E-state index in [1.807, 2.05) is 17.9 Å². The molecule has 96 valence electrons. The van der Waals surface area contributed by atoms with Crippen LogP contribution in [-0.2, 0) is 13.6 Å². The van der Waals surface area contributed by atoms with Gasteiger partial charge in [0.1, 0.15) is 0 Å². The predicted molar refractivity (Wildman–Crippen MR) is 67.5 cm³/mol. The van der Waals surface area contributed by atoms with Crippen LogP contribution in [0.4, 0.5) is 0 Å². The molecule has 1 N–H and O–H groups in total. The van der Waals surface area contributed by atoms with Gasteiger partial charge >= 0.3 is 0 Å². The number of aliphatic hydroxyl groups is 1. The lowest BCUT2D eigenvalue weighted by Gasteiger charge is -2.29. The quantitative estimate of drug-likeness (QED) is 0.845. The van der Waals surface area contributed by atoms with Crippen LogP contribution in [0, 0.1) is 5.41 Å². The Labute approximate surface area is 103 Å². The van der Waals surface area contributed by atoms with Crippen LogP contribution in [0.5, 0.6) is 0 Å². The molecule has 4 nitrogen and oxygen atoms in total. The van der Waals surface area contributed by atoms with E-state index in [1.54, 1.807) is 0 Å². The third-order valence-electron chi connectivity index (χ3n) is 3.38. The molecule has 1 aliphatic rings. The maximum absolute atomic E-state index is 9.87. The Balaban J connectivity index is 2.00. The number of hydrogen-bond acceptors (Lipinski definition) is 3. The summed E-state index contributed by atoms with van der Waals surface area (Å²) >= 11 is 0. The lowest BCUT2D eigenvalue weighted by atomic mass is 9.87. The average Bonchev–Trinajstić information content (AvgIpc) is 2.53. The third kappa shape index (κ3) is 3.54. The summed E-state index contributed by atoms with van der Waals surface area (Å²) in [5.41, 5.74) is 1.44. The van der Waals surface area contributed by atoms with Crippen molar-refractivity contribution < 1.29 is 5.11 Å². The fourth-order valence-electron chi connectivity index (χ4n) is 2.77.